The molecule has 4 heterocycles. The molecule has 3 aromatic rings. The molecule has 148 valence electrons. The van der Waals surface area contributed by atoms with E-state index < -0.39 is 0 Å². The predicted octanol–water partition coefficient (Wildman–Crippen LogP) is 4.49. The molecule has 0 saturated carbocycles. The molecule has 0 aromatic carbocycles. The van der Waals surface area contributed by atoms with Gasteiger partial charge >= 0.3 is 5.97 Å². The smallest absolute Gasteiger partial charge is 0.348 e. The van der Waals surface area contributed by atoms with E-state index in [0.717, 1.165) is 41.2 Å². The number of hydrogen-bond donors (Lipinski definition) is 1. The summed E-state index contributed by atoms with van der Waals surface area (Å²) < 4.78 is 5.19. The number of aryl methyl sites for hydroxylation is 1. The minimum Gasteiger partial charge on any atom is -0.462 e. The van der Waals surface area contributed by atoms with Crippen LogP contribution < -0.4 is 5.32 Å². The van der Waals surface area contributed by atoms with Crippen LogP contribution in [0.2, 0.25) is 0 Å². The predicted molar refractivity (Wildman–Crippen MR) is 114 cm³/mol. The number of fused-ring (bicyclic) bond motifs is 1. The van der Waals surface area contributed by atoms with Crippen molar-refractivity contribution in [3.05, 3.63) is 39.2 Å². The second-order valence-electron chi connectivity index (χ2n) is 6.83. The number of hydrogen-bond acceptors (Lipinski definition) is 8. The third-order valence-corrected chi connectivity index (χ3v) is 7.26. The van der Waals surface area contributed by atoms with Crippen molar-refractivity contribution in [1.29, 1.82) is 0 Å². The second kappa shape index (κ2) is 8.55. The van der Waals surface area contributed by atoms with Crippen LogP contribution in [-0.4, -0.2) is 47.1 Å². The van der Waals surface area contributed by atoms with E-state index in [0.29, 0.717) is 17.5 Å². The third-order valence-electron chi connectivity index (χ3n) is 5.10. The maximum Gasteiger partial charge on any atom is 0.348 e. The highest BCUT2D eigenvalue weighted by molar-refractivity contribution is 7.20. The Morgan fingerprint density at radius 2 is 2.18 bits per heavy atom. The van der Waals surface area contributed by atoms with Gasteiger partial charge in [0.25, 0.3) is 0 Å². The molecule has 0 spiro atoms. The van der Waals surface area contributed by atoms with Crippen LogP contribution in [0, 0.1) is 6.92 Å². The van der Waals surface area contributed by atoms with E-state index in [1.54, 1.807) is 17.7 Å². The topological polar surface area (TPSA) is 67.3 Å². The van der Waals surface area contributed by atoms with Crippen LogP contribution in [0.5, 0.6) is 0 Å². The van der Waals surface area contributed by atoms with Crippen LogP contribution in [-0.2, 0) is 4.74 Å². The largest absolute Gasteiger partial charge is 0.462 e. The van der Waals surface area contributed by atoms with Crippen molar-refractivity contribution in [2.45, 2.75) is 32.7 Å². The summed E-state index contributed by atoms with van der Waals surface area (Å²) in [5.41, 5.74) is 0.885. The average Bonchev–Trinajstić information content (AvgIpc) is 3.44. The van der Waals surface area contributed by atoms with Gasteiger partial charge in [-0.25, -0.2) is 14.8 Å². The SMILES string of the molecule is CCOC(=O)c1sc2ncnc(NCC(c3cccs3)N3CCCC3)c2c1C. The lowest BCUT2D eigenvalue weighted by atomic mass is 10.2. The van der Waals surface area contributed by atoms with E-state index in [-0.39, 0.29) is 5.97 Å². The molecule has 6 nitrogen and oxygen atoms in total. The summed E-state index contributed by atoms with van der Waals surface area (Å²) >= 11 is 3.17. The summed E-state index contributed by atoms with van der Waals surface area (Å²) in [6.07, 6.45) is 4.07. The average molecular weight is 417 g/mol. The van der Waals surface area contributed by atoms with Crippen LogP contribution in [0.3, 0.4) is 0 Å². The number of likely N-dealkylation sites (tertiary alicyclic amines) is 1. The molecule has 0 radical (unpaired) electrons. The van der Waals surface area contributed by atoms with Crippen molar-refractivity contribution in [3.8, 4) is 0 Å². The summed E-state index contributed by atoms with van der Waals surface area (Å²) in [6.45, 7) is 7.16. The number of aromatic nitrogens is 2. The summed E-state index contributed by atoms with van der Waals surface area (Å²) in [4.78, 5) is 26.4. The number of carbonyl (C=O) groups excluding carboxylic acids is 1. The summed E-state index contributed by atoms with van der Waals surface area (Å²) in [5.74, 6) is 0.498. The highest BCUT2D eigenvalue weighted by atomic mass is 32.1. The summed E-state index contributed by atoms with van der Waals surface area (Å²) in [5, 5.41) is 6.60. The summed E-state index contributed by atoms with van der Waals surface area (Å²) in [6, 6.07) is 4.65. The lowest BCUT2D eigenvalue weighted by Gasteiger charge is -2.27. The minimum atomic E-state index is -0.289. The molecule has 1 saturated heterocycles. The molecule has 1 aliphatic rings. The van der Waals surface area contributed by atoms with Gasteiger partial charge in [0.05, 0.1) is 18.0 Å². The zero-order valence-corrected chi connectivity index (χ0v) is 17.7. The number of anilines is 1. The molecule has 1 aliphatic heterocycles. The Bertz CT molecular complexity index is 949. The van der Waals surface area contributed by atoms with E-state index in [2.05, 4.69) is 37.7 Å². The second-order valence-corrected chi connectivity index (χ2v) is 8.81. The normalized spacial score (nSPS) is 15.8. The van der Waals surface area contributed by atoms with Gasteiger partial charge in [-0.3, -0.25) is 4.90 Å². The fraction of sp³-hybridized carbons (Fsp3) is 0.450. The lowest BCUT2D eigenvalue weighted by molar-refractivity contribution is 0.0531. The van der Waals surface area contributed by atoms with Gasteiger partial charge < -0.3 is 10.1 Å². The monoisotopic (exact) mass is 416 g/mol. The first-order chi connectivity index (χ1) is 13.7. The van der Waals surface area contributed by atoms with Gasteiger partial charge in [0, 0.05) is 11.4 Å². The first-order valence-electron chi connectivity index (χ1n) is 9.61. The van der Waals surface area contributed by atoms with E-state index in [1.807, 2.05) is 13.8 Å². The molecule has 0 aliphatic carbocycles. The Labute approximate surface area is 172 Å². The third kappa shape index (κ3) is 3.76. The van der Waals surface area contributed by atoms with Crippen molar-refractivity contribution in [2.75, 3.05) is 31.6 Å². The number of ether oxygens (including phenoxy) is 1. The van der Waals surface area contributed by atoms with E-state index >= 15 is 0 Å². The standard InChI is InChI=1S/C20H24N4O2S2/c1-3-26-20(25)17-13(2)16-18(22-12-23-19(16)28-17)21-11-14(15-7-6-10-27-15)24-8-4-5-9-24/h6-7,10,12,14H,3-5,8-9,11H2,1-2H3,(H,21,22,23). The number of thiophene rings is 2. The van der Waals surface area contributed by atoms with Gasteiger partial charge in [0.2, 0.25) is 0 Å². The molecule has 1 fully saturated rings. The number of esters is 1. The number of nitrogens with one attached hydrogen (secondary N) is 1. The maximum atomic E-state index is 12.3. The zero-order valence-electron chi connectivity index (χ0n) is 16.1. The quantitative estimate of drug-likeness (QED) is 0.573. The number of rotatable bonds is 7. The molecule has 28 heavy (non-hydrogen) atoms. The van der Waals surface area contributed by atoms with Crippen molar-refractivity contribution < 1.29 is 9.53 Å². The van der Waals surface area contributed by atoms with Crippen molar-refractivity contribution in [2.24, 2.45) is 0 Å². The van der Waals surface area contributed by atoms with Gasteiger partial charge in [-0.2, -0.15) is 0 Å². The Morgan fingerprint density at radius 3 is 2.89 bits per heavy atom. The Morgan fingerprint density at radius 1 is 1.36 bits per heavy atom. The molecule has 0 bridgehead atoms. The highest BCUT2D eigenvalue weighted by Gasteiger charge is 2.25. The van der Waals surface area contributed by atoms with E-state index in [1.165, 1.54) is 29.1 Å². The van der Waals surface area contributed by atoms with Crippen LogP contribution >= 0.6 is 22.7 Å². The van der Waals surface area contributed by atoms with Gasteiger partial charge in [-0.1, -0.05) is 6.07 Å². The van der Waals surface area contributed by atoms with Crippen molar-refractivity contribution in [3.63, 3.8) is 0 Å². The first-order valence-corrected chi connectivity index (χ1v) is 11.3. The Balaban J connectivity index is 1.61. The molecule has 0 amide bonds. The Hall–Kier alpha value is -2.03. The zero-order chi connectivity index (χ0) is 19.5. The molecule has 4 rings (SSSR count). The molecule has 1 N–H and O–H groups in total. The Kier molecular flexibility index (Phi) is 5.89. The fourth-order valence-electron chi connectivity index (χ4n) is 3.73. The maximum absolute atomic E-state index is 12.3. The van der Waals surface area contributed by atoms with Crippen molar-refractivity contribution in [1.82, 2.24) is 14.9 Å². The van der Waals surface area contributed by atoms with Gasteiger partial charge in [-0.05, 0) is 56.8 Å². The first kappa shape index (κ1) is 19.3. The highest BCUT2D eigenvalue weighted by Crippen LogP contribution is 2.35. The molecule has 3 aromatic heterocycles. The summed E-state index contributed by atoms with van der Waals surface area (Å²) in [7, 11) is 0. The van der Waals surface area contributed by atoms with Gasteiger partial charge in [-0.15, -0.1) is 22.7 Å². The van der Waals surface area contributed by atoms with Crippen molar-refractivity contribution >= 4 is 44.7 Å². The molecular weight excluding hydrogens is 392 g/mol. The molecule has 1 atom stereocenters. The number of carbonyl (C=O) groups is 1. The van der Waals surface area contributed by atoms with Crippen LogP contribution in [0.4, 0.5) is 5.82 Å². The van der Waals surface area contributed by atoms with E-state index in [4.69, 9.17) is 4.74 Å². The lowest BCUT2D eigenvalue weighted by Crippen LogP contribution is -2.30. The molecular formula is C20H24N4O2S2. The van der Waals surface area contributed by atoms with Crippen LogP contribution in [0.25, 0.3) is 10.2 Å². The van der Waals surface area contributed by atoms with Crippen LogP contribution in [0.1, 0.15) is 45.9 Å². The molecule has 1 unspecified atom stereocenters. The van der Waals surface area contributed by atoms with Gasteiger partial charge in [0.1, 0.15) is 21.9 Å². The minimum absolute atomic E-state index is 0.289. The van der Waals surface area contributed by atoms with Gasteiger partial charge in [0.15, 0.2) is 0 Å². The molecule has 8 heteroatoms. The number of nitrogens with zero attached hydrogens (tertiary/aromatic N) is 3. The van der Waals surface area contributed by atoms with E-state index in [9.17, 15) is 4.79 Å². The van der Waals surface area contributed by atoms with Crippen LogP contribution in [0.15, 0.2) is 23.8 Å². The fourth-order valence-corrected chi connectivity index (χ4v) is 5.64.